The third-order valence-corrected chi connectivity index (χ3v) is 5.71. The van der Waals surface area contributed by atoms with Gasteiger partial charge in [-0.15, -0.1) is 0 Å². The highest BCUT2D eigenvalue weighted by Gasteiger charge is 2.38. The summed E-state index contributed by atoms with van der Waals surface area (Å²) in [4.78, 5) is 0. The normalized spacial score (nSPS) is 27.6. The molecule has 3 rings (SSSR count). The number of ether oxygens (including phenoxy) is 2. The van der Waals surface area contributed by atoms with Crippen molar-refractivity contribution in [1.82, 2.24) is 0 Å². The Kier molecular flexibility index (Phi) is 5.30. The summed E-state index contributed by atoms with van der Waals surface area (Å²) in [6.07, 6.45) is 8.86. The molecule has 0 unspecified atom stereocenters. The molecule has 1 aromatic carbocycles. The van der Waals surface area contributed by atoms with E-state index in [0.29, 0.717) is 12.5 Å². The predicted octanol–water partition coefficient (Wildman–Crippen LogP) is 3.93. The molecule has 2 aliphatic rings. The first-order valence-electron chi connectivity index (χ1n) is 9.17. The van der Waals surface area contributed by atoms with E-state index in [0.717, 1.165) is 55.6 Å². The minimum atomic E-state index is -0.442. The Hall–Kier alpha value is -1.73. The van der Waals surface area contributed by atoms with Gasteiger partial charge < -0.3 is 15.2 Å². The second-order valence-electron chi connectivity index (χ2n) is 7.28. The number of nitrogens with zero attached hydrogens (tertiary/aromatic N) is 1. The Morgan fingerprint density at radius 3 is 2.67 bits per heavy atom. The molecule has 0 radical (unpaired) electrons. The number of rotatable bonds is 5. The Morgan fingerprint density at radius 1 is 1.21 bits per heavy atom. The quantitative estimate of drug-likeness (QED) is 0.889. The van der Waals surface area contributed by atoms with Crippen LogP contribution in [0.1, 0.15) is 56.9 Å². The van der Waals surface area contributed by atoms with Gasteiger partial charge in [0.2, 0.25) is 0 Å². The van der Waals surface area contributed by atoms with E-state index < -0.39 is 5.41 Å². The molecule has 0 saturated heterocycles. The number of hydrogen-bond donors (Lipinski definition) is 1. The summed E-state index contributed by atoms with van der Waals surface area (Å²) in [5.74, 6) is 1.97. The van der Waals surface area contributed by atoms with Gasteiger partial charge in [-0.1, -0.05) is 12.5 Å². The number of nitriles is 1. The standard InChI is InChI=1S/C20H28N2O2/c1-23-18-9-8-16(11-19(18)24-17-6-2-3-7-17)20(14-22)10-4-5-15(12-20)13-21/h8-9,11,15,17H,2-7,10,12-13,21H2,1H3/t15-,20-/m1/s1. The van der Waals surface area contributed by atoms with Gasteiger partial charge in [0.25, 0.3) is 0 Å². The average molecular weight is 328 g/mol. The molecule has 2 aliphatic carbocycles. The van der Waals surface area contributed by atoms with Crippen molar-refractivity contribution in [2.24, 2.45) is 11.7 Å². The van der Waals surface area contributed by atoms with Gasteiger partial charge in [0.05, 0.1) is 24.7 Å². The van der Waals surface area contributed by atoms with E-state index in [1.165, 1.54) is 12.8 Å². The first-order valence-corrected chi connectivity index (χ1v) is 9.17. The van der Waals surface area contributed by atoms with Crippen LogP contribution in [-0.2, 0) is 5.41 Å². The number of benzene rings is 1. The highest BCUT2D eigenvalue weighted by molar-refractivity contribution is 5.47. The molecule has 4 nitrogen and oxygen atoms in total. The minimum Gasteiger partial charge on any atom is -0.493 e. The van der Waals surface area contributed by atoms with Crippen LogP contribution in [0, 0.1) is 17.2 Å². The van der Waals surface area contributed by atoms with Crippen LogP contribution in [0.3, 0.4) is 0 Å². The lowest BCUT2D eigenvalue weighted by Crippen LogP contribution is -2.34. The van der Waals surface area contributed by atoms with Gasteiger partial charge in [0.15, 0.2) is 11.5 Å². The lowest BCUT2D eigenvalue weighted by atomic mass is 9.66. The lowest BCUT2D eigenvalue weighted by molar-refractivity contribution is 0.199. The van der Waals surface area contributed by atoms with Crippen LogP contribution < -0.4 is 15.2 Å². The lowest BCUT2D eigenvalue weighted by Gasteiger charge is -2.36. The van der Waals surface area contributed by atoms with Gasteiger partial charge in [-0.2, -0.15) is 5.26 Å². The molecule has 0 bridgehead atoms. The maximum Gasteiger partial charge on any atom is 0.161 e. The van der Waals surface area contributed by atoms with Crippen LogP contribution in [0.2, 0.25) is 0 Å². The van der Waals surface area contributed by atoms with E-state index in [9.17, 15) is 5.26 Å². The van der Waals surface area contributed by atoms with E-state index in [1.54, 1.807) is 7.11 Å². The highest BCUT2D eigenvalue weighted by atomic mass is 16.5. The highest BCUT2D eigenvalue weighted by Crippen LogP contribution is 2.44. The van der Waals surface area contributed by atoms with Crippen LogP contribution in [0.4, 0.5) is 0 Å². The van der Waals surface area contributed by atoms with Crippen molar-refractivity contribution >= 4 is 0 Å². The molecule has 2 saturated carbocycles. The zero-order valence-electron chi connectivity index (χ0n) is 14.6. The smallest absolute Gasteiger partial charge is 0.161 e. The van der Waals surface area contributed by atoms with E-state index >= 15 is 0 Å². The van der Waals surface area contributed by atoms with Crippen LogP contribution >= 0.6 is 0 Å². The summed E-state index contributed by atoms with van der Waals surface area (Å²) in [6, 6.07) is 8.62. The third-order valence-electron chi connectivity index (χ3n) is 5.71. The molecule has 130 valence electrons. The van der Waals surface area contributed by atoms with Gasteiger partial charge in [-0.05, 0) is 75.1 Å². The second kappa shape index (κ2) is 7.44. The fourth-order valence-corrected chi connectivity index (χ4v) is 4.27. The summed E-state index contributed by atoms with van der Waals surface area (Å²) in [6.45, 7) is 0.658. The monoisotopic (exact) mass is 328 g/mol. The molecular formula is C20H28N2O2. The van der Waals surface area contributed by atoms with Gasteiger partial charge in [0, 0.05) is 0 Å². The summed E-state index contributed by atoms with van der Waals surface area (Å²) in [5, 5.41) is 9.95. The Bertz CT molecular complexity index is 604. The molecule has 0 amide bonds. The van der Waals surface area contributed by atoms with Gasteiger partial charge >= 0.3 is 0 Å². The first-order chi connectivity index (χ1) is 11.7. The number of nitrogens with two attached hydrogens (primary N) is 1. The molecule has 0 aliphatic heterocycles. The largest absolute Gasteiger partial charge is 0.493 e. The predicted molar refractivity (Wildman–Crippen MR) is 94.2 cm³/mol. The SMILES string of the molecule is COc1ccc([C@]2(C#N)CCC[C@@H](CN)C2)cc1OC1CCCC1. The molecule has 1 aromatic rings. The summed E-state index contributed by atoms with van der Waals surface area (Å²) in [5.41, 5.74) is 6.50. The first kappa shape index (κ1) is 17.1. The van der Waals surface area contributed by atoms with E-state index in [2.05, 4.69) is 6.07 Å². The van der Waals surface area contributed by atoms with Crippen molar-refractivity contribution in [3.63, 3.8) is 0 Å². The minimum absolute atomic E-state index is 0.273. The second-order valence-corrected chi connectivity index (χ2v) is 7.28. The zero-order valence-corrected chi connectivity index (χ0v) is 14.6. The summed E-state index contributed by atoms with van der Waals surface area (Å²) < 4.78 is 11.7. The molecule has 4 heteroatoms. The molecule has 0 spiro atoms. The maximum atomic E-state index is 9.95. The molecule has 24 heavy (non-hydrogen) atoms. The van der Waals surface area contributed by atoms with Crippen molar-refractivity contribution in [1.29, 1.82) is 5.26 Å². The van der Waals surface area contributed by atoms with Gasteiger partial charge in [0.1, 0.15) is 0 Å². The van der Waals surface area contributed by atoms with E-state index in [1.807, 2.05) is 18.2 Å². The number of methoxy groups -OCH3 is 1. The number of hydrogen-bond acceptors (Lipinski definition) is 4. The van der Waals surface area contributed by atoms with Crippen LogP contribution in [0.5, 0.6) is 11.5 Å². The molecule has 2 fully saturated rings. The molecular weight excluding hydrogens is 300 g/mol. The Labute approximate surface area is 144 Å². The van der Waals surface area contributed by atoms with E-state index in [-0.39, 0.29) is 6.10 Å². The molecule has 0 aromatic heterocycles. The van der Waals surface area contributed by atoms with Crippen LogP contribution in [-0.4, -0.2) is 19.8 Å². The van der Waals surface area contributed by atoms with Gasteiger partial charge in [-0.25, -0.2) is 0 Å². The topological polar surface area (TPSA) is 68.3 Å². The Balaban J connectivity index is 1.90. The molecule has 0 heterocycles. The molecule has 2 atom stereocenters. The van der Waals surface area contributed by atoms with Crippen molar-refractivity contribution in [2.45, 2.75) is 62.9 Å². The third kappa shape index (κ3) is 3.37. The van der Waals surface area contributed by atoms with Crippen molar-refractivity contribution in [3.8, 4) is 17.6 Å². The van der Waals surface area contributed by atoms with Crippen molar-refractivity contribution in [2.75, 3.05) is 13.7 Å². The average Bonchev–Trinajstić information content (AvgIpc) is 3.14. The van der Waals surface area contributed by atoms with Crippen molar-refractivity contribution < 1.29 is 9.47 Å². The molecule has 2 N–H and O–H groups in total. The van der Waals surface area contributed by atoms with Gasteiger partial charge in [-0.3, -0.25) is 0 Å². The van der Waals surface area contributed by atoms with Crippen LogP contribution in [0.25, 0.3) is 0 Å². The summed E-state index contributed by atoms with van der Waals surface area (Å²) >= 11 is 0. The zero-order chi connectivity index (χ0) is 17.0. The van der Waals surface area contributed by atoms with E-state index in [4.69, 9.17) is 15.2 Å². The van der Waals surface area contributed by atoms with Crippen LogP contribution in [0.15, 0.2) is 18.2 Å². The fraction of sp³-hybridized carbons (Fsp3) is 0.650. The maximum absolute atomic E-state index is 9.95. The Morgan fingerprint density at radius 2 is 2.00 bits per heavy atom. The summed E-state index contributed by atoms with van der Waals surface area (Å²) in [7, 11) is 1.67. The fourth-order valence-electron chi connectivity index (χ4n) is 4.27. The van der Waals surface area contributed by atoms with Crippen molar-refractivity contribution in [3.05, 3.63) is 23.8 Å².